The van der Waals surface area contributed by atoms with Gasteiger partial charge in [0.25, 0.3) is 0 Å². The highest BCUT2D eigenvalue weighted by Gasteiger charge is 2.27. The van der Waals surface area contributed by atoms with Crippen molar-refractivity contribution in [2.24, 2.45) is 0 Å². The number of nitrogen functional groups attached to an aromatic ring is 1. The van der Waals surface area contributed by atoms with Crippen molar-refractivity contribution in [2.75, 3.05) is 17.2 Å². The highest BCUT2D eigenvalue weighted by Crippen LogP contribution is 2.40. The van der Waals surface area contributed by atoms with E-state index in [0.29, 0.717) is 23.2 Å². The molecule has 1 aromatic carbocycles. The van der Waals surface area contributed by atoms with Gasteiger partial charge in [-0.2, -0.15) is 5.10 Å². The van der Waals surface area contributed by atoms with E-state index in [2.05, 4.69) is 35.0 Å². The third-order valence-electron chi connectivity index (χ3n) is 7.45. The van der Waals surface area contributed by atoms with E-state index in [1.54, 1.807) is 0 Å². The number of hydrogen-bond donors (Lipinski definition) is 2. The van der Waals surface area contributed by atoms with Gasteiger partial charge in [-0.3, -0.25) is 0 Å². The summed E-state index contributed by atoms with van der Waals surface area (Å²) in [6, 6.07) is 12.2. The molecule has 180 valence electrons. The molecule has 4 aromatic heterocycles. The summed E-state index contributed by atoms with van der Waals surface area (Å²) in [5.41, 5.74) is 14.9. The minimum absolute atomic E-state index is 0.609. The molecule has 0 radical (unpaired) electrons. The third kappa shape index (κ3) is 3.38. The lowest BCUT2D eigenvalue weighted by atomic mass is 10.0. The van der Waals surface area contributed by atoms with Gasteiger partial charge in [-0.25, -0.2) is 14.5 Å². The summed E-state index contributed by atoms with van der Waals surface area (Å²) < 4.78 is 2.03. The van der Waals surface area contributed by atoms with Crippen LogP contribution in [0.1, 0.15) is 41.1 Å². The Morgan fingerprint density at radius 2 is 1.89 bits per heavy atom. The van der Waals surface area contributed by atoms with Crippen molar-refractivity contribution in [3.63, 3.8) is 0 Å². The maximum Gasteiger partial charge on any atom is 0.225 e. The van der Waals surface area contributed by atoms with Gasteiger partial charge >= 0.3 is 0 Å². The zero-order valence-electron chi connectivity index (χ0n) is 20.0. The van der Waals surface area contributed by atoms with Crippen LogP contribution in [0.25, 0.3) is 27.3 Å². The van der Waals surface area contributed by atoms with Gasteiger partial charge in [0.2, 0.25) is 5.95 Å². The number of aromatic nitrogens is 5. The van der Waals surface area contributed by atoms with Gasteiger partial charge in [-0.1, -0.05) is 35.9 Å². The molecular weight excluding hydrogens is 470 g/mol. The number of benzene rings is 1. The number of anilines is 2. The number of H-pyrrole nitrogens is 1. The largest absolute Gasteiger partial charge is 0.396 e. The summed E-state index contributed by atoms with van der Waals surface area (Å²) in [5.74, 6) is 1.39. The van der Waals surface area contributed by atoms with E-state index in [9.17, 15) is 0 Å². The Bertz CT molecular complexity index is 1710. The molecule has 5 aromatic rings. The van der Waals surface area contributed by atoms with Crippen LogP contribution in [0.15, 0.2) is 55.0 Å². The standard InChI is InChI=1S/C28H26ClN7/c1-16-3-2-4-18-7-8-22(29)25-20(9-11-31-25)24(30)27-21-15-35(12-10-23(21)34-36(27)26(16)18)28-32-13-19(14-33-28)17-5-6-17/h2-4,7-9,11,13-14,17,31H,5-6,10,12,15,30H2,1H3. The summed E-state index contributed by atoms with van der Waals surface area (Å²) in [4.78, 5) is 14.9. The first-order valence-electron chi connectivity index (χ1n) is 12.4. The van der Waals surface area contributed by atoms with E-state index in [-0.39, 0.29) is 0 Å². The molecule has 3 N–H and O–H groups in total. The lowest BCUT2D eigenvalue weighted by molar-refractivity contribution is 0.697. The Balaban J connectivity index is 1.51. The highest BCUT2D eigenvalue weighted by atomic mass is 35.5. The quantitative estimate of drug-likeness (QED) is 0.320. The molecule has 5 heterocycles. The van der Waals surface area contributed by atoms with E-state index in [4.69, 9.17) is 32.4 Å². The van der Waals surface area contributed by atoms with E-state index in [1.807, 2.05) is 41.3 Å². The van der Waals surface area contributed by atoms with E-state index in [0.717, 1.165) is 63.1 Å². The molecule has 0 amide bonds. The summed E-state index contributed by atoms with van der Waals surface area (Å²) in [6.45, 7) is 3.55. The van der Waals surface area contributed by atoms with Crippen molar-refractivity contribution in [1.29, 1.82) is 0 Å². The zero-order valence-corrected chi connectivity index (χ0v) is 20.8. The topological polar surface area (TPSA) is 88.1 Å². The number of hydrogen-bond acceptors (Lipinski definition) is 5. The van der Waals surface area contributed by atoms with Crippen molar-refractivity contribution in [2.45, 2.75) is 38.6 Å². The van der Waals surface area contributed by atoms with Crippen LogP contribution >= 0.6 is 11.6 Å². The van der Waals surface area contributed by atoms with Gasteiger partial charge in [-0.05, 0) is 48.9 Å². The Hall–Kier alpha value is -3.84. The Labute approximate surface area is 213 Å². The van der Waals surface area contributed by atoms with Crippen molar-refractivity contribution >= 4 is 50.6 Å². The molecule has 1 fully saturated rings. The Kier molecular flexibility index (Phi) is 4.82. The maximum absolute atomic E-state index is 6.96. The number of nitrogens with zero attached hydrogens (tertiary/aromatic N) is 5. The van der Waals surface area contributed by atoms with Crippen LogP contribution in [0.5, 0.6) is 0 Å². The summed E-state index contributed by atoms with van der Waals surface area (Å²) in [7, 11) is 0. The zero-order chi connectivity index (χ0) is 24.4. The van der Waals surface area contributed by atoms with Gasteiger partial charge in [0.15, 0.2) is 0 Å². The molecule has 1 aliphatic heterocycles. The molecule has 1 aliphatic carbocycles. The molecular formula is C28H26ClN7. The summed E-state index contributed by atoms with van der Waals surface area (Å²) >= 11 is 6.73. The predicted octanol–water partition coefficient (Wildman–Crippen LogP) is 5.87. The predicted molar refractivity (Wildman–Crippen MR) is 145 cm³/mol. The van der Waals surface area contributed by atoms with Crippen LogP contribution in [-0.4, -0.2) is 31.1 Å². The molecule has 0 spiro atoms. The Morgan fingerprint density at radius 1 is 1.06 bits per heavy atom. The fourth-order valence-electron chi connectivity index (χ4n) is 5.38. The lowest BCUT2D eigenvalue weighted by Gasteiger charge is -2.26. The van der Waals surface area contributed by atoms with Crippen LogP contribution in [0.3, 0.4) is 0 Å². The molecule has 7 nitrogen and oxygen atoms in total. The number of halogens is 1. The number of para-hydroxylation sites is 1. The second-order valence-corrected chi connectivity index (χ2v) is 10.2. The van der Waals surface area contributed by atoms with Crippen molar-refractivity contribution in [3.8, 4) is 0 Å². The summed E-state index contributed by atoms with van der Waals surface area (Å²) in [6.07, 6.45) is 9.13. The smallest absolute Gasteiger partial charge is 0.225 e. The van der Waals surface area contributed by atoms with E-state index < -0.39 is 0 Å². The first-order chi connectivity index (χ1) is 17.6. The van der Waals surface area contributed by atoms with Crippen molar-refractivity contribution < 1.29 is 0 Å². The second-order valence-electron chi connectivity index (χ2n) is 9.82. The van der Waals surface area contributed by atoms with Gasteiger partial charge in [0.1, 0.15) is 0 Å². The van der Waals surface area contributed by atoms with Crippen LogP contribution in [-0.2, 0) is 13.0 Å². The SMILES string of the molecule is Cc1cccc2ccc(Cl)c3[nH]ccc3c(N)c3c4c(nn3c12)CCN(c1ncc(C2CC2)cn1)C4. The average molecular weight is 496 g/mol. The molecule has 1 saturated carbocycles. The number of nitrogens with two attached hydrogens (primary N) is 1. The molecule has 0 atom stereocenters. The monoisotopic (exact) mass is 495 g/mol. The van der Waals surface area contributed by atoms with E-state index in [1.165, 1.54) is 18.4 Å². The highest BCUT2D eigenvalue weighted by molar-refractivity contribution is 6.35. The molecule has 0 unspecified atom stereocenters. The van der Waals surface area contributed by atoms with Crippen LogP contribution in [0.4, 0.5) is 11.6 Å². The molecule has 36 heavy (non-hydrogen) atoms. The molecule has 0 saturated heterocycles. The van der Waals surface area contributed by atoms with Crippen LogP contribution < -0.4 is 10.6 Å². The van der Waals surface area contributed by atoms with Crippen LogP contribution in [0.2, 0.25) is 5.02 Å². The molecule has 7 rings (SSSR count). The third-order valence-corrected chi connectivity index (χ3v) is 7.76. The van der Waals surface area contributed by atoms with Crippen molar-refractivity contribution in [1.82, 2.24) is 24.6 Å². The number of rotatable bonds is 2. The van der Waals surface area contributed by atoms with Crippen molar-refractivity contribution in [3.05, 3.63) is 82.4 Å². The van der Waals surface area contributed by atoms with Crippen LogP contribution in [0, 0.1) is 6.92 Å². The average Bonchev–Trinajstić information content (AvgIpc) is 3.50. The second kappa shape index (κ2) is 8.10. The first kappa shape index (κ1) is 21.4. The maximum atomic E-state index is 6.96. The fourth-order valence-corrected chi connectivity index (χ4v) is 5.59. The number of aryl methyl sites for hydroxylation is 1. The lowest BCUT2D eigenvalue weighted by Crippen LogP contribution is -2.31. The van der Waals surface area contributed by atoms with Gasteiger partial charge in [-0.15, -0.1) is 0 Å². The number of fused-ring (bicyclic) bond motifs is 6. The molecule has 0 bridgehead atoms. The fraction of sp³-hybridized carbons (Fsp3) is 0.250. The van der Waals surface area contributed by atoms with Gasteiger partial charge in [0, 0.05) is 54.4 Å². The normalized spacial score (nSPS) is 15.4. The van der Waals surface area contributed by atoms with E-state index >= 15 is 0 Å². The summed E-state index contributed by atoms with van der Waals surface area (Å²) in [5, 5.41) is 7.65. The van der Waals surface area contributed by atoms with Gasteiger partial charge in [0.05, 0.1) is 33.0 Å². The number of nitrogens with one attached hydrogen (secondary N) is 1. The molecule has 8 heteroatoms. The minimum Gasteiger partial charge on any atom is -0.396 e. The first-order valence-corrected chi connectivity index (χ1v) is 12.8. The number of aromatic amines is 1. The van der Waals surface area contributed by atoms with Gasteiger partial charge < -0.3 is 15.6 Å². The minimum atomic E-state index is 0.609. The molecule has 2 aliphatic rings. The Morgan fingerprint density at radius 3 is 2.69 bits per heavy atom.